The van der Waals surface area contributed by atoms with Gasteiger partial charge in [0.05, 0.1) is 18.5 Å². The maximum absolute atomic E-state index is 12.4. The molecule has 7 heteroatoms. The van der Waals surface area contributed by atoms with Gasteiger partial charge in [0.25, 0.3) is 5.56 Å². The summed E-state index contributed by atoms with van der Waals surface area (Å²) in [6.07, 6.45) is 4.82. The number of aromatic amines is 1. The van der Waals surface area contributed by atoms with Gasteiger partial charge in [0, 0.05) is 12.6 Å². The third-order valence-corrected chi connectivity index (χ3v) is 4.55. The van der Waals surface area contributed by atoms with Crippen LogP contribution >= 0.6 is 0 Å². The first kappa shape index (κ1) is 14.9. The summed E-state index contributed by atoms with van der Waals surface area (Å²) in [7, 11) is 0. The van der Waals surface area contributed by atoms with Crippen molar-refractivity contribution >= 4 is 17.0 Å². The largest absolute Gasteiger partial charge is 0.395 e. The molecule has 0 spiro atoms. The monoisotopic (exact) mass is 325 g/mol. The average molecular weight is 325 g/mol. The van der Waals surface area contributed by atoms with Crippen LogP contribution in [0.1, 0.15) is 19.3 Å². The number of nitrogens with zero attached hydrogens (tertiary/aromatic N) is 4. The Labute approximate surface area is 138 Å². The lowest BCUT2D eigenvalue weighted by Gasteiger charge is -2.37. The first-order chi connectivity index (χ1) is 11.8. The molecule has 124 valence electrons. The molecule has 0 amide bonds. The van der Waals surface area contributed by atoms with Crippen LogP contribution in [0.3, 0.4) is 0 Å². The average Bonchev–Trinajstić information content (AvgIpc) is 2.98. The van der Waals surface area contributed by atoms with Gasteiger partial charge in [-0.25, -0.2) is 4.68 Å². The van der Waals surface area contributed by atoms with E-state index in [4.69, 9.17) is 0 Å². The van der Waals surface area contributed by atoms with Gasteiger partial charge in [-0.15, -0.1) is 0 Å². The van der Waals surface area contributed by atoms with E-state index in [0.29, 0.717) is 29.6 Å². The van der Waals surface area contributed by atoms with E-state index in [1.165, 1.54) is 12.6 Å². The molecule has 4 rings (SSSR count). The highest BCUT2D eigenvalue weighted by Gasteiger charge is 2.27. The maximum atomic E-state index is 12.4. The third kappa shape index (κ3) is 2.46. The summed E-state index contributed by atoms with van der Waals surface area (Å²) in [5, 5.41) is 14.1. The molecule has 1 aromatic carbocycles. The number of aromatic nitrogens is 4. The molecule has 2 heterocycles. The molecule has 0 unspecified atom stereocenters. The fraction of sp³-hybridized carbons (Fsp3) is 0.353. The van der Waals surface area contributed by atoms with E-state index < -0.39 is 0 Å². The number of fused-ring (bicyclic) bond motifs is 1. The van der Waals surface area contributed by atoms with E-state index in [9.17, 15) is 9.90 Å². The Morgan fingerprint density at radius 3 is 2.75 bits per heavy atom. The molecule has 7 nitrogen and oxygen atoms in total. The smallest absolute Gasteiger partial charge is 0.263 e. The molecule has 0 atom stereocenters. The summed E-state index contributed by atoms with van der Waals surface area (Å²) < 4.78 is 1.67. The van der Waals surface area contributed by atoms with Crippen molar-refractivity contribution in [1.82, 2.24) is 19.7 Å². The van der Waals surface area contributed by atoms with Crippen molar-refractivity contribution in [3.05, 3.63) is 46.9 Å². The molecular weight excluding hydrogens is 306 g/mol. The van der Waals surface area contributed by atoms with Crippen LogP contribution < -0.4 is 10.5 Å². The number of rotatable bonds is 5. The SMILES string of the molecule is O=c1[nH]c(N(CCO)C2CCC2)nc2c1cnn2-c1ccccc1. The highest BCUT2D eigenvalue weighted by molar-refractivity contribution is 5.76. The van der Waals surface area contributed by atoms with Crippen molar-refractivity contribution in [1.29, 1.82) is 0 Å². The van der Waals surface area contributed by atoms with Crippen LogP contribution in [0.15, 0.2) is 41.3 Å². The van der Waals surface area contributed by atoms with Crippen molar-refractivity contribution in [3.8, 4) is 5.69 Å². The van der Waals surface area contributed by atoms with Gasteiger partial charge >= 0.3 is 0 Å². The zero-order valence-corrected chi connectivity index (χ0v) is 13.2. The Morgan fingerprint density at radius 2 is 2.08 bits per heavy atom. The van der Waals surface area contributed by atoms with Crippen molar-refractivity contribution in [2.45, 2.75) is 25.3 Å². The molecule has 2 N–H and O–H groups in total. The molecule has 0 aliphatic heterocycles. The minimum absolute atomic E-state index is 0.0240. The second-order valence-corrected chi connectivity index (χ2v) is 6.02. The van der Waals surface area contributed by atoms with E-state index in [-0.39, 0.29) is 12.2 Å². The molecule has 1 fully saturated rings. The molecule has 0 radical (unpaired) electrons. The molecule has 1 aliphatic carbocycles. The van der Waals surface area contributed by atoms with Crippen molar-refractivity contribution in [2.24, 2.45) is 0 Å². The quantitative estimate of drug-likeness (QED) is 0.741. The standard InChI is InChI=1S/C17H19N5O2/c23-10-9-21(12-7-4-8-12)17-19-15-14(16(24)20-17)11-18-22(15)13-5-2-1-3-6-13/h1-3,5-6,11-12,23H,4,7-10H2,(H,19,20,24). The molecule has 3 aromatic rings. The van der Waals surface area contributed by atoms with Gasteiger partial charge in [-0.05, 0) is 31.4 Å². The first-order valence-corrected chi connectivity index (χ1v) is 8.19. The van der Waals surface area contributed by atoms with Gasteiger partial charge < -0.3 is 10.0 Å². The van der Waals surface area contributed by atoms with Crippen LogP contribution in [0.5, 0.6) is 0 Å². The van der Waals surface area contributed by atoms with Gasteiger partial charge in [0.1, 0.15) is 5.39 Å². The summed E-state index contributed by atoms with van der Waals surface area (Å²) in [5.74, 6) is 0.504. The van der Waals surface area contributed by atoms with Gasteiger partial charge in [-0.3, -0.25) is 9.78 Å². The van der Waals surface area contributed by atoms with Crippen LogP contribution in [0.2, 0.25) is 0 Å². The third-order valence-electron chi connectivity index (χ3n) is 4.55. The molecule has 1 aliphatic rings. The second-order valence-electron chi connectivity index (χ2n) is 6.02. The van der Waals surface area contributed by atoms with Gasteiger partial charge in [0.15, 0.2) is 5.65 Å². The van der Waals surface area contributed by atoms with E-state index in [0.717, 1.165) is 18.5 Å². The van der Waals surface area contributed by atoms with E-state index in [1.54, 1.807) is 4.68 Å². The Hall–Kier alpha value is -2.67. The minimum atomic E-state index is -0.209. The van der Waals surface area contributed by atoms with Crippen molar-refractivity contribution < 1.29 is 5.11 Å². The predicted molar refractivity (Wildman–Crippen MR) is 91.6 cm³/mol. The predicted octanol–water partition coefficient (Wildman–Crippen LogP) is 1.46. The molecule has 0 saturated heterocycles. The number of nitrogens with one attached hydrogen (secondary N) is 1. The number of benzene rings is 1. The van der Waals surface area contributed by atoms with Crippen LogP contribution in [0.4, 0.5) is 5.95 Å². The maximum Gasteiger partial charge on any atom is 0.263 e. The number of hydrogen-bond donors (Lipinski definition) is 2. The number of H-pyrrole nitrogens is 1. The molecule has 0 bridgehead atoms. The minimum Gasteiger partial charge on any atom is -0.395 e. The zero-order valence-electron chi connectivity index (χ0n) is 13.2. The lowest BCUT2D eigenvalue weighted by Crippen LogP contribution is -2.43. The molecule has 24 heavy (non-hydrogen) atoms. The lowest BCUT2D eigenvalue weighted by atomic mass is 9.92. The topological polar surface area (TPSA) is 87.0 Å². The summed E-state index contributed by atoms with van der Waals surface area (Å²) in [4.78, 5) is 21.9. The molecule has 2 aromatic heterocycles. The number of para-hydroxylation sites is 1. The highest BCUT2D eigenvalue weighted by Crippen LogP contribution is 2.27. The Bertz CT molecular complexity index is 898. The molecular formula is C17H19N5O2. The normalized spacial score (nSPS) is 14.7. The van der Waals surface area contributed by atoms with E-state index >= 15 is 0 Å². The Morgan fingerprint density at radius 1 is 1.29 bits per heavy atom. The second kappa shape index (κ2) is 6.09. The first-order valence-electron chi connectivity index (χ1n) is 8.19. The van der Waals surface area contributed by atoms with Crippen LogP contribution in [0, 0.1) is 0 Å². The summed E-state index contributed by atoms with van der Waals surface area (Å²) in [6.45, 7) is 0.481. The van der Waals surface area contributed by atoms with Crippen molar-refractivity contribution in [2.75, 3.05) is 18.1 Å². The number of aliphatic hydroxyl groups excluding tert-OH is 1. The Balaban J connectivity index is 1.84. The summed E-state index contributed by atoms with van der Waals surface area (Å²) in [6, 6.07) is 9.94. The van der Waals surface area contributed by atoms with Crippen LogP contribution in [-0.2, 0) is 0 Å². The van der Waals surface area contributed by atoms with Crippen LogP contribution in [0.25, 0.3) is 16.7 Å². The Kier molecular flexibility index (Phi) is 3.78. The van der Waals surface area contributed by atoms with Gasteiger partial charge in [-0.2, -0.15) is 10.1 Å². The van der Waals surface area contributed by atoms with E-state index in [1.807, 2.05) is 35.2 Å². The van der Waals surface area contributed by atoms with E-state index in [2.05, 4.69) is 15.1 Å². The fourth-order valence-electron chi connectivity index (χ4n) is 3.07. The van der Waals surface area contributed by atoms with Gasteiger partial charge in [0.2, 0.25) is 5.95 Å². The number of anilines is 1. The van der Waals surface area contributed by atoms with Gasteiger partial charge in [-0.1, -0.05) is 18.2 Å². The highest BCUT2D eigenvalue weighted by atomic mass is 16.3. The van der Waals surface area contributed by atoms with Crippen molar-refractivity contribution in [3.63, 3.8) is 0 Å². The van der Waals surface area contributed by atoms with Crippen LogP contribution in [-0.4, -0.2) is 44.0 Å². The number of aliphatic hydroxyl groups is 1. The fourth-order valence-corrected chi connectivity index (χ4v) is 3.07. The molecule has 1 saturated carbocycles. The summed E-state index contributed by atoms with van der Waals surface area (Å²) in [5.41, 5.74) is 1.18. The number of hydrogen-bond acceptors (Lipinski definition) is 5. The zero-order chi connectivity index (χ0) is 16.5. The lowest BCUT2D eigenvalue weighted by molar-refractivity contribution is 0.282. The summed E-state index contributed by atoms with van der Waals surface area (Å²) >= 11 is 0.